The lowest BCUT2D eigenvalue weighted by molar-refractivity contribution is -0.150. The first kappa shape index (κ1) is 15.3. The van der Waals surface area contributed by atoms with E-state index in [4.69, 9.17) is 4.74 Å². The van der Waals surface area contributed by atoms with Gasteiger partial charge in [0.25, 0.3) is 0 Å². The molecule has 1 fully saturated rings. The Hall–Kier alpha value is -1.07. The Morgan fingerprint density at radius 2 is 2.20 bits per heavy atom. The highest BCUT2D eigenvalue weighted by Gasteiger charge is 2.25. The van der Waals surface area contributed by atoms with E-state index in [-0.39, 0.29) is 0 Å². The summed E-state index contributed by atoms with van der Waals surface area (Å²) >= 11 is 3.44. The molecule has 110 valence electrons. The zero-order valence-electron chi connectivity index (χ0n) is 11.7. The Labute approximate surface area is 127 Å². The van der Waals surface area contributed by atoms with Gasteiger partial charge in [-0.05, 0) is 59.3 Å². The van der Waals surface area contributed by atoms with Crippen LogP contribution in [-0.4, -0.2) is 24.8 Å². The van der Waals surface area contributed by atoms with E-state index in [1.807, 2.05) is 13.0 Å². The average Bonchev–Trinajstić information content (AvgIpc) is 2.36. The lowest BCUT2D eigenvalue weighted by Crippen LogP contribution is -2.21. The van der Waals surface area contributed by atoms with Crippen LogP contribution in [-0.2, 0) is 9.53 Å². The molecule has 0 radical (unpaired) electrons. The van der Waals surface area contributed by atoms with Gasteiger partial charge in [0.2, 0.25) is 0 Å². The number of carbonyl (C=O) groups is 1. The third kappa shape index (κ3) is 3.33. The Bertz CT molecular complexity index is 497. The van der Waals surface area contributed by atoms with Crippen LogP contribution in [0.2, 0.25) is 0 Å². The fourth-order valence-corrected chi connectivity index (χ4v) is 2.91. The van der Waals surface area contributed by atoms with E-state index in [2.05, 4.69) is 20.7 Å². The molecule has 1 unspecified atom stereocenters. The topological polar surface area (TPSA) is 55.8 Å². The number of esters is 1. The van der Waals surface area contributed by atoms with Crippen LogP contribution in [0.15, 0.2) is 16.6 Å². The Morgan fingerprint density at radius 1 is 1.50 bits per heavy atom. The van der Waals surface area contributed by atoms with Crippen LogP contribution >= 0.6 is 15.9 Å². The van der Waals surface area contributed by atoms with Crippen molar-refractivity contribution in [2.24, 2.45) is 5.92 Å². The highest BCUT2D eigenvalue weighted by molar-refractivity contribution is 9.10. The first-order chi connectivity index (χ1) is 9.52. The highest BCUT2D eigenvalue weighted by Crippen LogP contribution is 2.36. The van der Waals surface area contributed by atoms with E-state index < -0.39 is 12.1 Å². The van der Waals surface area contributed by atoms with Crippen LogP contribution in [0.3, 0.4) is 0 Å². The van der Waals surface area contributed by atoms with Gasteiger partial charge in [-0.15, -0.1) is 0 Å². The number of ether oxygens (including phenoxy) is 2. The van der Waals surface area contributed by atoms with Crippen LogP contribution in [0, 0.1) is 12.8 Å². The van der Waals surface area contributed by atoms with Crippen molar-refractivity contribution in [3.05, 3.63) is 27.7 Å². The minimum atomic E-state index is -1.33. The molecule has 0 aliphatic heterocycles. The van der Waals surface area contributed by atoms with E-state index in [0.717, 1.165) is 10.0 Å². The van der Waals surface area contributed by atoms with Crippen molar-refractivity contribution in [2.45, 2.75) is 32.3 Å². The smallest absolute Gasteiger partial charge is 0.339 e. The summed E-state index contributed by atoms with van der Waals surface area (Å²) in [6.07, 6.45) is 2.28. The van der Waals surface area contributed by atoms with E-state index >= 15 is 0 Å². The molecule has 1 saturated carbocycles. The summed E-state index contributed by atoms with van der Waals surface area (Å²) in [6, 6.07) is 3.66. The Morgan fingerprint density at radius 3 is 2.75 bits per heavy atom. The second-order valence-electron chi connectivity index (χ2n) is 5.20. The maximum atomic E-state index is 11.5. The number of methoxy groups -OCH3 is 1. The van der Waals surface area contributed by atoms with Gasteiger partial charge in [0.05, 0.1) is 18.2 Å². The number of halogens is 1. The number of aryl methyl sites for hydroxylation is 1. The predicted molar refractivity (Wildman–Crippen MR) is 78.7 cm³/mol. The molecule has 1 N–H and O–H groups in total. The highest BCUT2D eigenvalue weighted by atomic mass is 79.9. The summed E-state index contributed by atoms with van der Waals surface area (Å²) in [5.41, 5.74) is 1.38. The SMILES string of the molecule is COC(=O)C(O)c1cc(C)cc(Br)c1OCC1CCC1. The summed E-state index contributed by atoms with van der Waals surface area (Å²) < 4.78 is 11.2. The molecule has 1 aliphatic carbocycles. The molecule has 5 heteroatoms. The Kier molecular flexibility index (Phi) is 5.05. The van der Waals surface area contributed by atoms with Gasteiger partial charge in [0.15, 0.2) is 6.10 Å². The number of hydrogen-bond acceptors (Lipinski definition) is 4. The van der Waals surface area contributed by atoms with E-state index in [1.165, 1.54) is 26.4 Å². The van der Waals surface area contributed by atoms with Crippen LogP contribution in [0.4, 0.5) is 0 Å². The summed E-state index contributed by atoms with van der Waals surface area (Å²) in [5.74, 6) is 0.419. The number of aliphatic hydroxyl groups is 1. The van der Waals surface area contributed by atoms with Crippen LogP contribution in [0.1, 0.15) is 36.5 Å². The number of hydrogen-bond donors (Lipinski definition) is 1. The molecular weight excluding hydrogens is 324 g/mol. The number of carbonyl (C=O) groups excluding carboxylic acids is 1. The fraction of sp³-hybridized carbons (Fsp3) is 0.533. The van der Waals surface area contributed by atoms with Crippen LogP contribution < -0.4 is 4.74 Å². The lowest BCUT2D eigenvalue weighted by atomic mass is 9.86. The van der Waals surface area contributed by atoms with Crippen molar-refractivity contribution >= 4 is 21.9 Å². The molecule has 0 spiro atoms. The Balaban J connectivity index is 2.24. The van der Waals surface area contributed by atoms with Gasteiger partial charge in [0, 0.05) is 5.56 Å². The quantitative estimate of drug-likeness (QED) is 0.835. The minimum Gasteiger partial charge on any atom is -0.492 e. The maximum Gasteiger partial charge on any atom is 0.339 e. The fourth-order valence-electron chi connectivity index (χ4n) is 2.21. The number of aliphatic hydroxyl groups excluding tert-OH is 1. The van der Waals surface area contributed by atoms with Gasteiger partial charge in [0.1, 0.15) is 5.75 Å². The summed E-state index contributed by atoms with van der Waals surface area (Å²) in [4.78, 5) is 11.5. The van der Waals surface area contributed by atoms with Crippen molar-refractivity contribution in [3.63, 3.8) is 0 Å². The summed E-state index contributed by atoms with van der Waals surface area (Å²) in [7, 11) is 1.26. The maximum absolute atomic E-state index is 11.5. The molecule has 0 saturated heterocycles. The number of rotatable bonds is 5. The molecule has 0 amide bonds. The van der Waals surface area contributed by atoms with Crippen LogP contribution in [0.25, 0.3) is 0 Å². The van der Waals surface area contributed by atoms with Gasteiger partial charge in [-0.1, -0.05) is 6.42 Å². The molecule has 1 atom stereocenters. The van der Waals surface area contributed by atoms with E-state index in [1.54, 1.807) is 6.07 Å². The second kappa shape index (κ2) is 6.59. The van der Waals surface area contributed by atoms with E-state index in [0.29, 0.717) is 23.8 Å². The predicted octanol–water partition coefficient (Wildman–Crippen LogP) is 3.14. The monoisotopic (exact) mass is 342 g/mol. The molecule has 20 heavy (non-hydrogen) atoms. The van der Waals surface area contributed by atoms with Gasteiger partial charge in [-0.2, -0.15) is 0 Å². The van der Waals surface area contributed by atoms with E-state index in [9.17, 15) is 9.90 Å². The zero-order chi connectivity index (χ0) is 14.7. The average molecular weight is 343 g/mol. The first-order valence-electron chi connectivity index (χ1n) is 6.71. The largest absolute Gasteiger partial charge is 0.492 e. The standard InChI is InChI=1S/C15H19BrO4/c1-9-6-11(13(17)15(18)19-2)14(12(16)7-9)20-8-10-4-3-5-10/h6-7,10,13,17H,3-5,8H2,1-2H3. The second-order valence-corrected chi connectivity index (χ2v) is 6.05. The van der Waals surface area contributed by atoms with Gasteiger partial charge in [-0.3, -0.25) is 0 Å². The molecule has 2 rings (SSSR count). The summed E-state index contributed by atoms with van der Waals surface area (Å²) in [6.45, 7) is 2.51. The molecule has 1 aliphatic rings. The normalized spacial score (nSPS) is 16.4. The zero-order valence-corrected chi connectivity index (χ0v) is 13.3. The van der Waals surface area contributed by atoms with Crippen molar-refractivity contribution < 1.29 is 19.4 Å². The van der Waals surface area contributed by atoms with Crippen molar-refractivity contribution in [3.8, 4) is 5.75 Å². The molecule has 4 nitrogen and oxygen atoms in total. The summed E-state index contributed by atoms with van der Waals surface area (Å²) in [5, 5.41) is 10.1. The molecule has 1 aromatic carbocycles. The molecule has 0 heterocycles. The molecular formula is C15H19BrO4. The third-order valence-electron chi connectivity index (χ3n) is 3.62. The lowest BCUT2D eigenvalue weighted by Gasteiger charge is -2.26. The van der Waals surface area contributed by atoms with Gasteiger partial charge in [-0.25, -0.2) is 4.79 Å². The molecule has 0 aromatic heterocycles. The molecule has 0 bridgehead atoms. The van der Waals surface area contributed by atoms with Crippen molar-refractivity contribution in [1.82, 2.24) is 0 Å². The first-order valence-corrected chi connectivity index (χ1v) is 7.51. The van der Waals surface area contributed by atoms with Crippen molar-refractivity contribution in [1.29, 1.82) is 0 Å². The third-order valence-corrected chi connectivity index (χ3v) is 4.21. The minimum absolute atomic E-state index is 0.447. The van der Waals surface area contributed by atoms with Gasteiger partial charge < -0.3 is 14.6 Å². The van der Waals surface area contributed by atoms with Crippen LogP contribution in [0.5, 0.6) is 5.75 Å². The number of benzene rings is 1. The molecule has 1 aromatic rings. The van der Waals surface area contributed by atoms with Crippen molar-refractivity contribution in [2.75, 3.05) is 13.7 Å². The van der Waals surface area contributed by atoms with Gasteiger partial charge >= 0.3 is 5.97 Å².